The number of hydrogen-bond donors (Lipinski definition) is 1. The van der Waals surface area contributed by atoms with Crippen LogP contribution in [0.15, 0.2) is 42.5 Å². The third-order valence-electron chi connectivity index (χ3n) is 3.37. The quantitative estimate of drug-likeness (QED) is 0.770. The van der Waals surface area contributed by atoms with Crippen molar-refractivity contribution in [1.29, 1.82) is 0 Å². The second-order valence-electron chi connectivity index (χ2n) is 5.42. The van der Waals surface area contributed by atoms with Crippen LogP contribution < -0.4 is 5.32 Å². The zero-order valence-corrected chi connectivity index (χ0v) is 12.5. The molecule has 2 rings (SSSR count). The molecule has 0 saturated heterocycles. The van der Waals surface area contributed by atoms with Gasteiger partial charge in [-0.1, -0.05) is 26.0 Å². The van der Waals surface area contributed by atoms with Crippen LogP contribution in [0.2, 0.25) is 0 Å². The molecule has 0 heterocycles. The summed E-state index contributed by atoms with van der Waals surface area (Å²) >= 11 is 0. The molecule has 23 heavy (non-hydrogen) atoms. The maximum absolute atomic E-state index is 13.7. The Labute approximate surface area is 131 Å². The van der Waals surface area contributed by atoms with Gasteiger partial charge < -0.3 is 5.32 Å². The van der Waals surface area contributed by atoms with Gasteiger partial charge in [0.25, 0.3) is 5.91 Å². The Hall–Kier alpha value is -2.37. The van der Waals surface area contributed by atoms with E-state index in [0.29, 0.717) is 29.8 Å². The van der Waals surface area contributed by atoms with Crippen LogP contribution >= 0.6 is 0 Å². The van der Waals surface area contributed by atoms with Crippen molar-refractivity contribution in [3.8, 4) is 0 Å². The molecule has 0 aliphatic rings. The normalized spacial score (nSPS) is 11.6. The van der Waals surface area contributed by atoms with Gasteiger partial charge in [-0.05, 0) is 41.8 Å². The number of nitrogens with one attached hydrogen (secondary N) is 1. The monoisotopic (exact) mass is 325 g/mol. The minimum atomic E-state index is -4.64. The average Bonchev–Trinajstić information content (AvgIpc) is 2.46. The van der Waals surface area contributed by atoms with Crippen LogP contribution in [0.1, 0.15) is 41.3 Å². The van der Waals surface area contributed by atoms with E-state index < -0.39 is 29.0 Å². The van der Waals surface area contributed by atoms with Crippen molar-refractivity contribution >= 4 is 11.6 Å². The Morgan fingerprint density at radius 1 is 1.04 bits per heavy atom. The fourth-order valence-electron chi connectivity index (χ4n) is 2.03. The molecule has 2 aromatic carbocycles. The lowest BCUT2D eigenvalue weighted by atomic mass is 10.0. The van der Waals surface area contributed by atoms with Crippen LogP contribution in [-0.2, 0) is 6.18 Å². The van der Waals surface area contributed by atoms with E-state index in [0.717, 1.165) is 5.56 Å². The molecule has 2 nitrogen and oxygen atoms in total. The molecular weight excluding hydrogens is 310 g/mol. The van der Waals surface area contributed by atoms with Gasteiger partial charge >= 0.3 is 6.18 Å². The van der Waals surface area contributed by atoms with E-state index in [1.807, 2.05) is 13.8 Å². The Kier molecular flexibility index (Phi) is 4.73. The van der Waals surface area contributed by atoms with Crippen molar-refractivity contribution in [1.82, 2.24) is 0 Å². The fraction of sp³-hybridized carbons (Fsp3) is 0.235. The number of amides is 1. The number of carbonyl (C=O) groups excluding carboxylic acids is 1. The minimum absolute atomic E-state index is 0.306. The highest BCUT2D eigenvalue weighted by molar-refractivity contribution is 6.04. The molecule has 6 heteroatoms. The summed E-state index contributed by atoms with van der Waals surface area (Å²) < 4.78 is 51.6. The maximum Gasteiger partial charge on any atom is 0.416 e. The summed E-state index contributed by atoms with van der Waals surface area (Å²) in [6.07, 6.45) is -4.64. The van der Waals surface area contributed by atoms with E-state index in [1.54, 1.807) is 24.3 Å². The summed E-state index contributed by atoms with van der Waals surface area (Å²) in [4.78, 5) is 12.0. The van der Waals surface area contributed by atoms with E-state index in [2.05, 4.69) is 5.32 Å². The van der Waals surface area contributed by atoms with E-state index in [1.165, 1.54) is 0 Å². The minimum Gasteiger partial charge on any atom is -0.322 e. The van der Waals surface area contributed by atoms with Crippen LogP contribution in [0.4, 0.5) is 23.2 Å². The molecule has 2 aromatic rings. The van der Waals surface area contributed by atoms with Crippen molar-refractivity contribution in [3.05, 3.63) is 65.0 Å². The van der Waals surface area contributed by atoms with Gasteiger partial charge in [0.2, 0.25) is 0 Å². The van der Waals surface area contributed by atoms with Gasteiger partial charge in [-0.3, -0.25) is 4.79 Å². The molecule has 1 amide bonds. The number of hydrogen-bond acceptors (Lipinski definition) is 1. The van der Waals surface area contributed by atoms with Crippen LogP contribution in [0.3, 0.4) is 0 Å². The van der Waals surface area contributed by atoms with E-state index >= 15 is 0 Å². The summed E-state index contributed by atoms with van der Waals surface area (Å²) in [6, 6.07) is 8.58. The molecule has 0 saturated carbocycles. The zero-order valence-electron chi connectivity index (χ0n) is 12.5. The highest BCUT2D eigenvalue weighted by Gasteiger charge is 2.31. The van der Waals surface area contributed by atoms with Crippen LogP contribution in [0.25, 0.3) is 0 Å². The Morgan fingerprint density at radius 2 is 1.65 bits per heavy atom. The number of benzene rings is 2. The number of rotatable bonds is 3. The topological polar surface area (TPSA) is 29.1 Å². The van der Waals surface area contributed by atoms with Gasteiger partial charge in [0.15, 0.2) is 0 Å². The average molecular weight is 325 g/mol. The summed E-state index contributed by atoms with van der Waals surface area (Å²) in [5, 5.41) is 2.40. The Bertz CT molecular complexity index is 706. The number of halogens is 4. The van der Waals surface area contributed by atoms with Crippen molar-refractivity contribution < 1.29 is 22.4 Å². The van der Waals surface area contributed by atoms with Crippen molar-refractivity contribution in [2.24, 2.45) is 0 Å². The molecule has 0 spiro atoms. The highest BCUT2D eigenvalue weighted by atomic mass is 19.4. The first-order chi connectivity index (χ1) is 10.7. The largest absolute Gasteiger partial charge is 0.416 e. The first kappa shape index (κ1) is 17.0. The van der Waals surface area contributed by atoms with Crippen LogP contribution in [0, 0.1) is 5.82 Å². The highest BCUT2D eigenvalue weighted by Crippen LogP contribution is 2.30. The first-order valence-electron chi connectivity index (χ1n) is 6.96. The zero-order chi connectivity index (χ0) is 17.2. The third-order valence-corrected chi connectivity index (χ3v) is 3.37. The summed E-state index contributed by atoms with van der Waals surface area (Å²) in [5.41, 5.74) is -0.281. The van der Waals surface area contributed by atoms with E-state index in [-0.39, 0.29) is 0 Å². The lowest BCUT2D eigenvalue weighted by Crippen LogP contribution is -2.16. The predicted molar refractivity (Wildman–Crippen MR) is 79.9 cm³/mol. The lowest BCUT2D eigenvalue weighted by molar-refractivity contribution is -0.137. The van der Waals surface area contributed by atoms with Gasteiger partial charge in [0.1, 0.15) is 5.82 Å². The standard InChI is InChI=1S/C17H15F4NO/c1-10(2)11-3-6-13(7-4-11)22-16(23)14-9-12(17(19,20)21)5-8-15(14)18/h3-10H,1-2H3,(H,22,23). The number of alkyl halides is 3. The molecule has 0 aliphatic carbocycles. The molecule has 0 fully saturated rings. The second-order valence-corrected chi connectivity index (χ2v) is 5.42. The number of anilines is 1. The van der Waals surface area contributed by atoms with Crippen molar-refractivity contribution in [2.45, 2.75) is 25.9 Å². The molecule has 0 aliphatic heterocycles. The maximum atomic E-state index is 13.7. The lowest BCUT2D eigenvalue weighted by Gasteiger charge is -2.11. The van der Waals surface area contributed by atoms with Crippen LogP contribution in [-0.4, -0.2) is 5.91 Å². The Morgan fingerprint density at radius 3 is 2.17 bits per heavy atom. The summed E-state index contributed by atoms with van der Waals surface area (Å²) in [7, 11) is 0. The van der Waals surface area contributed by atoms with Crippen molar-refractivity contribution in [3.63, 3.8) is 0 Å². The van der Waals surface area contributed by atoms with Crippen molar-refractivity contribution in [2.75, 3.05) is 5.32 Å². The first-order valence-corrected chi connectivity index (χ1v) is 6.96. The molecule has 122 valence electrons. The second kappa shape index (κ2) is 6.40. The Balaban J connectivity index is 2.23. The third kappa shape index (κ3) is 4.09. The van der Waals surface area contributed by atoms with E-state index in [9.17, 15) is 22.4 Å². The van der Waals surface area contributed by atoms with Gasteiger partial charge in [-0.15, -0.1) is 0 Å². The molecule has 0 unspecified atom stereocenters. The van der Waals surface area contributed by atoms with Crippen LogP contribution in [0.5, 0.6) is 0 Å². The molecule has 1 N–H and O–H groups in total. The van der Waals surface area contributed by atoms with Gasteiger partial charge in [-0.25, -0.2) is 4.39 Å². The fourth-order valence-corrected chi connectivity index (χ4v) is 2.03. The molecule has 0 atom stereocenters. The summed E-state index contributed by atoms with van der Waals surface area (Å²) in [6.45, 7) is 4.01. The van der Waals surface area contributed by atoms with Gasteiger partial charge in [-0.2, -0.15) is 13.2 Å². The summed E-state index contributed by atoms with van der Waals surface area (Å²) in [5.74, 6) is -1.62. The SMILES string of the molecule is CC(C)c1ccc(NC(=O)c2cc(C(F)(F)F)ccc2F)cc1. The van der Waals surface area contributed by atoms with Gasteiger partial charge in [0, 0.05) is 5.69 Å². The smallest absolute Gasteiger partial charge is 0.322 e. The number of carbonyl (C=O) groups is 1. The molecular formula is C17H15F4NO. The van der Waals surface area contributed by atoms with E-state index in [4.69, 9.17) is 0 Å². The molecule has 0 aromatic heterocycles. The predicted octanol–water partition coefficient (Wildman–Crippen LogP) is 5.22. The molecule has 0 radical (unpaired) electrons. The van der Waals surface area contributed by atoms with Gasteiger partial charge in [0.05, 0.1) is 11.1 Å². The molecule has 0 bridgehead atoms.